The Morgan fingerprint density at radius 1 is 1.25 bits per heavy atom. The Morgan fingerprint density at radius 3 is 2.25 bits per heavy atom. The molecule has 6 heteroatoms. The van der Waals surface area contributed by atoms with Crippen LogP contribution in [-0.2, 0) is 4.79 Å². The lowest BCUT2D eigenvalue weighted by atomic mass is 10.4. The van der Waals surface area contributed by atoms with Crippen LogP contribution in [0.25, 0.3) is 0 Å². The summed E-state index contributed by atoms with van der Waals surface area (Å²) in [6, 6.07) is -0.406. The van der Waals surface area contributed by atoms with Crippen molar-refractivity contribution in [2.24, 2.45) is 0 Å². The van der Waals surface area contributed by atoms with E-state index in [1.165, 1.54) is 11.8 Å². The molecule has 0 aromatic rings. The molecule has 0 rings (SSSR count). The molecule has 16 heavy (non-hydrogen) atoms. The van der Waals surface area contributed by atoms with Gasteiger partial charge >= 0.3 is 6.03 Å². The van der Waals surface area contributed by atoms with Gasteiger partial charge in [0.2, 0.25) is 5.91 Å². The maximum absolute atomic E-state index is 11.5. The van der Waals surface area contributed by atoms with E-state index in [0.717, 1.165) is 13.0 Å². The molecule has 0 fully saturated rings. The fourth-order valence-electron chi connectivity index (χ4n) is 1.03. The molecule has 0 radical (unpaired) electrons. The molecule has 0 aliphatic heterocycles. The Balaban J connectivity index is 3.86. The van der Waals surface area contributed by atoms with Crippen LogP contribution in [-0.4, -0.2) is 61.3 Å². The molecule has 1 atom stereocenters. The third-order valence-electron chi connectivity index (χ3n) is 2.04. The molecule has 0 spiro atoms. The number of nitrogens with one attached hydrogen (secondary N) is 1. The highest BCUT2D eigenvalue weighted by molar-refractivity contribution is 6.31. The van der Waals surface area contributed by atoms with E-state index in [1.54, 1.807) is 7.05 Å². The minimum absolute atomic E-state index is 0.406. The summed E-state index contributed by atoms with van der Waals surface area (Å²) < 4.78 is 0. The molecule has 1 unspecified atom stereocenters. The van der Waals surface area contributed by atoms with Crippen molar-refractivity contribution in [3.8, 4) is 0 Å². The number of alkyl halides is 1. The van der Waals surface area contributed by atoms with Gasteiger partial charge in [-0.1, -0.05) is 0 Å². The number of halogens is 1. The number of rotatable bonds is 5. The van der Waals surface area contributed by atoms with Crippen LogP contribution in [0.2, 0.25) is 0 Å². The molecule has 0 aliphatic rings. The predicted octanol–water partition coefficient (Wildman–Crippen LogP) is 0.733. The molecular formula is C10H20ClN3O2. The quantitative estimate of drug-likeness (QED) is 0.731. The largest absolute Gasteiger partial charge is 0.327 e. The third kappa shape index (κ3) is 6.63. The summed E-state index contributed by atoms with van der Waals surface area (Å²) in [5.74, 6) is -0.467. The zero-order valence-corrected chi connectivity index (χ0v) is 11.0. The molecule has 0 aliphatic carbocycles. The van der Waals surface area contributed by atoms with Crippen molar-refractivity contribution in [2.45, 2.75) is 18.7 Å². The molecule has 3 amide bonds. The molecule has 1 N–H and O–H groups in total. The smallest absolute Gasteiger partial charge is 0.323 e. The van der Waals surface area contributed by atoms with E-state index >= 15 is 0 Å². The van der Waals surface area contributed by atoms with Gasteiger partial charge in [-0.05, 0) is 34.0 Å². The van der Waals surface area contributed by atoms with Crippen molar-refractivity contribution in [1.82, 2.24) is 15.1 Å². The zero-order chi connectivity index (χ0) is 12.7. The lowest BCUT2D eigenvalue weighted by Crippen LogP contribution is -2.43. The summed E-state index contributed by atoms with van der Waals surface area (Å²) in [7, 11) is 5.59. The molecule has 0 saturated heterocycles. The lowest BCUT2D eigenvalue weighted by Gasteiger charge is -2.18. The molecule has 0 aromatic heterocycles. The first kappa shape index (κ1) is 15.2. The number of carbonyl (C=O) groups is 2. The van der Waals surface area contributed by atoms with E-state index in [-0.39, 0.29) is 0 Å². The van der Waals surface area contributed by atoms with Crippen LogP contribution in [0.4, 0.5) is 4.79 Å². The number of carbonyl (C=O) groups excluding carboxylic acids is 2. The second kappa shape index (κ2) is 7.46. The van der Waals surface area contributed by atoms with Gasteiger partial charge in [0.05, 0.1) is 0 Å². The number of nitrogens with zero attached hydrogens (tertiary/aromatic N) is 2. The van der Waals surface area contributed by atoms with Crippen LogP contribution < -0.4 is 5.32 Å². The van der Waals surface area contributed by atoms with E-state index < -0.39 is 17.3 Å². The first-order valence-electron chi connectivity index (χ1n) is 5.19. The van der Waals surface area contributed by atoms with Gasteiger partial charge in [-0.3, -0.25) is 10.1 Å². The number of amides is 3. The number of hydrogen-bond donors (Lipinski definition) is 1. The maximum Gasteiger partial charge on any atom is 0.323 e. The van der Waals surface area contributed by atoms with Crippen LogP contribution in [0.15, 0.2) is 0 Å². The normalized spacial score (nSPS) is 12.4. The molecule has 5 nitrogen and oxygen atoms in total. The third-order valence-corrected chi connectivity index (χ3v) is 2.24. The highest BCUT2D eigenvalue weighted by Gasteiger charge is 2.15. The molecule has 0 aromatic carbocycles. The molecule has 94 valence electrons. The van der Waals surface area contributed by atoms with Gasteiger partial charge < -0.3 is 9.80 Å². The predicted molar refractivity (Wildman–Crippen MR) is 64.7 cm³/mol. The summed E-state index contributed by atoms with van der Waals surface area (Å²) in [6.07, 6.45) is 0.863. The van der Waals surface area contributed by atoms with Crippen LogP contribution >= 0.6 is 11.6 Å². The van der Waals surface area contributed by atoms with Gasteiger partial charge in [0.1, 0.15) is 5.38 Å². The van der Waals surface area contributed by atoms with Crippen LogP contribution in [0.1, 0.15) is 13.3 Å². The highest BCUT2D eigenvalue weighted by Crippen LogP contribution is 1.95. The van der Waals surface area contributed by atoms with Crippen LogP contribution in [0, 0.1) is 0 Å². The summed E-state index contributed by atoms with van der Waals surface area (Å²) >= 11 is 5.53. The van der Waals surface area contributed by atoms with E-state index in [1.807, 2.05) is 19.0 Å². The van der Waals surface area contributed by atoms with Crippen LogP contribution in [0.5, 0.6) is 0 Å². The van der Waals surface area contributed by atoms with Crippen molar-refractivity contribution in [2.75, 3.05) is 34.2 Å². The number of imide groups is 1. The van der Waals surface area contributed by atoms with Crippen molar-refractivity contribution in [1.29, 1.82) is 0 Å². The van der Waals surface area contributed by atoms with Gasteiger partial charge in [0, 0.05) is 13.6 Å². The SMILES string of the molecule is CC(Cl)C(=O)NC(=O)N(C)CCCN(C)C. The molecular weight excluding hydrogens is 230 g/mol. The Kier molecular flexibility index (Phi) is 7.08. The minimum atomic E-state index is -0.695. The highest BCUT2D eigenvalue weighted by atomic mass is 35.5. The van der Waals surface area contributed by atoms with Crippen molar-refractivity contribution < 1.29 is 9.59 Å². The maximum atomic E-state index is 11.5. The van der Waals surface area contributed by atoms with Gasteiger partial charge in [-0.2, -0.15) is 0 Å². The van der Waals surface area contributed by atoms with E-state index in [9.17, 15) is 9.59 Å². The second-order valence-electron chi connectivity index (χ2n) is 3.99. The van der Waals surface area contributed by atoms with Gasteiger partial charge in [0.15, 0.2) is 0 Å². The molecule has 0 heterocycles. The second-order valence-corrected chi connectivity index (χ2v) is 4.64. The fraction of sp³-hybridized carbons (Fsp3) is 0.800. The van der Waals surface area contributed by atoms with Crippen LogP contribution in [0.3, 0.4) is 0 Å². The minimum Gasteiger partial charge on any atom is -0.327 e. The molecule has 0 bridgehead atoms. The van der Waals surface area contributed by atoms with Gasteiger partial charge in [-0.25, -0.2) is 4.79 Å². The summed E-state index contributed by atoms with van der Waals surface area (Å²) in [4.78, 5) is 26.1. The fourth-order valence-corrected chi connectivity index (χ4v) is 1.08. The van der Waals surface area contributed by atoms with E-state index in [0.29, 0.717) is 6.54 Å². The van der Waals surface area contributed by atoms with Crippen molar-refractivity contribution in [3.63, 3.8) is 0 Å². The Labute approximate surface area is 102 Å². The zero-order valence-electron chi connectivity index (χ0n) is 10.3. The number of hydrogen-bond acceptors (Lipinski definition) is 3. The summed E-state index contributed by atoms with van der Waals surface area (Å²) in [5.41, 5.74) is 0. The van der Waals surface area contributed by atoms with Gasteiger partial charge in [-0.15, -0.1) is 11.6 Å². The van der Waals surface area contributed by atoms with E-state index in [2.05, 4.69) is 5.32 Å². The van der Waals surface area contributed by atoms with E-state index in [4.69, 9.17) is 11.6 Å². The molecule has 0 saturated carbocycles. The topological polar surface area (TPSA) is 52.7 Å². The monoisotopic (exact) mass is 249 g/mol. The standard InChI is InChI=1S/C10H20ClN3O2/c1-8(11)9(15)12-10(16)14(4)7-5-6-13(2)3/h8H,5-7H2,1-4H3,(H,12,15,16). The average molecular weight is 250 g/mol. The summed E-state index contributed by atoms with van der Waals surface area (Å²) in [6.45, 7) is 3.03. The van der Waals surface area contributed by atoms with Gasteiger partial charge in [0.25, 0.3) is 0 Å². The average Bonchev–Trinajstić information content (AvgIpc) is 2.16. The van der Waals surface area contributed by atoms with Crippen molar-refractivity contribution >= 4 is 23.5 Å². The Morgan fingerprint density at radius 2 is 1.81 bits per heavy atom. The Bertz CT molecular complexity index is 244. The van der Waals surface area contributed by atoms with Crippen molar-refractivity contribution in [3.05, 3.63) is 0 Å². The lowest BCUT2D eigenvalue weighted by molar-refractivity contribution is -0.119. The number of urea groups is 1. The summed E-state index contributed by atoms with van der Waals surface area (Å²) in [5, 5.41) is 1.52. The first-order valence-corrected chi connectivity index (χ1v) is 5.63. The first-order chi connectivity index (χ1) is 7.34. The Hall–Kier alpha value is -0.810.